The predicted molar refractivity (Wildman–Crippen MR) is 274 cm³/mol. The zero-order chi connectivity index (χ0) is 54.8. The number of hydrogen-bond acceptors (Lipinski definition) is 19. The number of ether oxygens (including phenoxy) is 1. The van der Waals surface area contributed by atoms with Crippen molar-refractivity contribution in [3.8, 4) is 0 Å². The molecule has 3 heterocycles. The average molecular weight is 1120 g/mol. The van der Waals surface area contributed by atoms with Crippen molar-refractivity contribution in [1.29, 1.82) is 0 Å². The highest BCUT2D eigenvalue weighted by Crippen LogP contribution is 2.61. The van der Waals surface area contributed by atoms with E-state index in [1.54, 1.807) is 0 Å². The van der Waals surface area contributed by atoms with Crippen LogP contribution in [-0.4, -0.2) is 128 Å². The van der Waals surface area contributed by atoms with Gasteiger partial charge in [0, 0.05) is 37.1 Å². The van der Waals surface area contributed by atoms with Crippen LogP contribution in [0.5, 0.6) is 0 Å². The van der Waals surface area contributed by atoms with E-state index in [2.05, 4.69) is 96.0 Å². The summed E-state index contributed by atoms with van der Waals surface area (Å²) in [6.07, 6.45) is 24.0. The van der Waals surface area contributed by atoms with Crippen molar-refractivity contribution in [2.45, 2.75) is 116 Å². The number of phosphoric ester groups is 3. The number of fused-ring (bicyclic) bond motifs is 1. The quantitative estimate of drug-likeness (QED) is 0.0187. The second kappa shape index (κ2) is 32.3. The molecule has 1 aliphatic rings. The molecule has 7 atom stereocenters. The number of phosphoric acid groups is 3. The molecule has 1 fully saturated rings. The van der Waals surface area contributed by atoms with Gasteiger partial charge in [-0.15, -0.1) is 0 Å². The molecule has 29 heteroatoms. The number of imidazole rings is 1. The number of aliphatic hydroxyl groups is 2. The van der Waals surface area contributed by atoms with Crippen LogP contribution in [0, 0.1) is 5.41 Å². The van der Waals surface area contributed by atoms with Crippen LogP contribution < -0.4 is 16.4 Å². The van der Waals surface area contributed by atoms with Gasteiger partial charge in [-0.25, -0.2) is 28.6 Å². The normalized spacial score (nSPS) is 19.9. The monoisotopic (exact) mass is 1120 g/mol. The summed E-state index contributed by atoms with van der Waals surface area (Å²) in [5.74, 6) is -1.54. The summed E-state index contributed by atoms with van der Waals surface area (Å²) in [5, 5.41) is 26.2. The zero-order valence-electron chi connectivity index (χ0n) is 41.3. The molecule has 74 heavy (non-hydrogen) atoms. The lowest BCUT2D eigenvalue weighted by molar-refractivity contribution is -0.137. The van der Waals surface area contributed by atoms with Crippen molar-refractivity contribution in [2.75, 3.05) is 37.8 Å². The molecule has 2 aromatic rings. The standard InChI is InChI=1S/C45H68N7O18P3S/c1-4-5-6-7-8-9-10-11-12-13-14-15-16-17-18-19-20-21-22-23-33(53)28-36(55)74-27-26-47-35(54)24-25-48-43(58)40(57)45(2,3)30-67-73(64,65)70-72(62,63)66-29-34-39(69-71(59,60)61)38(56)44(68-34)52-32-51-37-41(46)49-31-50-42(37)52/h5-6,8-9,11-12,14-15,17-18,20-21,31-32,34,38-40,44,56-57H,4,7,10,13,16,19,22-30H2,1-3H3,(H,47,54)(H,48,58)(H,62,63)(H,64,65)(H2,46,49,50)(H2,59,60,61)/b6-5-,9-8-,12-11-,15-14-,18-17-,21-20-/t34-,38-,39-,40?,44-/m1/s1. The molecule has 1 aliphatic heterocycles. The Morgan fingerprint density at radius 3 is 2.01 bits per heavy atom. The highest BCUT2D eigenvalue weighted by atomic mass is 32.2. The highest BCUT2D eigenvalue weighted by Gasteiger charge is 2.50. The molecule has 0 bridgehead atoms. The number of aliphatic hydroxyl groups excluding tert-OH is 2. The summed E-state index contributed by atoms with van der Waals surface area (Å²) in [4.78, 5) is 101. The minimum absolute atomic E-state index is 0.0224. The summed E-state index contributed by atoms with van der Waals surface area (Å²) in [5.41, 5.74) is 4.23. The van der Waals surface area contributed by atoms with Crippen molar-refractivity contribution in [3.63, 3.8) is 0 Å². The van der Waals surface area contributed by atoms with Gasteiger partial charge >= 0.3 is 23.5 Å². The van der Waals surface area contributed by atoms with Gasteiger partial charge < -0.3 is 50.9 Å². The fourth-order valence-electron chi connectivity index (χ4n) is 6.48. The third-order valence-electron chi connectivity index (χ3n) is 10.3. The minimum atomic E-state index is -5.60. The Morgan fingerprint density at radius 1 is 0.838 bits per heavy atom. The molecule has 25 nitrogen and oxygen atoms in total. The molecule has 412 valence electrons. The number of nitrogens with one attached hydrogen (secondary N) is 2. The van der Waals surface area contributed by atoms with Crippen molar-refractivity contribution >= 4 is 74.9 Å². The number of carbonyl (C=O) groups excluding carboxylic acids is 4. The summed E-state index contributed by atoms with van der Waals surface area (Å²) >= 11 is 0.903. The van der Waals surface area contributed by atoms with E-state index in [1.165, 1.54) is 13.8 Å². The van der Waals surface area contributed by atoms with Gasteiger partial charge in [0.25, 0.3) is 0 Å². The Balaban J connectivity index is 1.28. The summed E-state index contributed by atoms with van der Waals surface area (Å²) < 4.78 is 62.4. The van der Waals surface area contributed by atoms with Crippen molar-refractivity contribution in [3.05, 3.63) is 85.6 Å². The smallest absolute Gasteiger partial charge is 0.386 e. The number of nitrogen functional groups attached to an aromatic ring is 1. The Kier molecular flexibility index (Phi) is 27.9. The number of nitrogens with two attached hydrogens (primary N) is 1. The summed E-state index contributed by atoms with van der Waals surface area (Å²) in [6, 6.07) is 0. The van der Waals surface area contributed by atoms with Crippen molar-refractivity contribution in [2.24, 2.45) is 5.41 Å². The first-order chi connectivity index (χ1) is 34.9. The molecule has 0 aliphatic carbocycles. The number of rotatable bonds is 35. The second-order valence-corrected chi connectivity index (χ2v) is 22.3. The SMILES string of the molecule is CC/C=C\C/C=C\C/C=C\C/C=C\C/C=C\C/C=C\CCC(=O)CC(=O)SCCNC(=O)CCNC(=O)C(O)C(C)(C)COP(=O)(O)OP(=O)(O)OC[C@H]1O[C@@H](n2cnc3c(N)ncnc32)[C@H](O)[C@@H]1OP(=O)(O)O. The van der Waals surface area contributed by atoms with Gasteiger partial charge in [-0.2, -0.15) is 4.31 Å². The molecule has 0 spiro atoms. The number of allylic oxidation sites excluding steroid dienone is 12. The van der Waals surface area contributed by atoms with Crippen LogP contribution in [0.2, 0.25) is 0 Å². The van der Waals surface area contributed by atoms with Crippen LogP contribution in [0.15, 0.2) is 85.6 Å². The van der Waals surface area contributed by atoms with Gasteiger partial charge in [0.2, 0.25) is 11.8 Å². The van der Waals surface area contributed by atoms with Gasteiger partial charge in [0.15, 0.2) is 22.8 Å². The van der Waals surface area contributed by atoms with Crippen molar-refractivity contribution < 1.29 is 85.3 Å². The number of Topliss-reactive ketones (excluding diaryl/α,β-unsaturated/α-hetero) is 1. The molecular formula is C45H68N7O18P3S. The number of amides is 2. The Hall–Kier alpha value is -4.33. The molecular weight excluding hydrogens is 1050 g/mol. The third kappa shape index (κ3) is 24.6. The van der Waals surface area contributed by atoms with E-state index in [-0.39, 0.29) is 66.0 Å². The third-order valence-corrected chi connectivity index (χ3v) is 14.3. The van der Waals surface area contributed by atoms with E-state index in [1.807, 2.05) is 18.2 Å². The number of nitrogens with zero attached hydrogens (tertiary/aromatic N) is 4. The first-order valence-corrected chi connectivity index (χ1v) is 28.9. The minimum Gasteiger partial charge on any atom is -0.386 e. The lowest BCUT2D eigenvalue weighted by atomic mass is 9.87. The number of hydrogen-bond donors (Lipinski definition) is 9. The molecule has 3 unspecified atom stereocenters. The van der Waals surface area contributed by atoms with Gasteiger partial charge in [-0.05, 0) is 44.9 Å². The highest BCUT2D eigenvalue weighted by molar-refractivity contribution is 8.13. The molecule has 2 amide bonds. The maximum Gasteiger partial charge on any atom is 0.481 e. The molecule has 0 saturated carbocycles. The predicted octanol–water partition coefficient (Wildman–Crippen LogP) is 5.10. The molecule has 0 aromatic carbocycles. The van der Waals surface area contributed by atoms with Gasteiger partial charge in [0.05, 0.1) is 26.0 Å². The van der Waals surface area contributed by atoms with Crippen LogP contribution in [-0.2, 0) is 55.5 Å². The van der Waals surface area contributed by atoms with E-state index >= 15 is 0 Å². The van der Waals surface area contributed by atoms with E-state index in [9.17, 15) is 62.7 Å². The second-order valence-electron chi connectivity index (χ2n) is 17.0. The van der Waals surface area contributed by atoms with Gasteiger partial charge in [0.1, 0.15) is 42.0 Å². The maximum atomic E-state index is 12.8. The lowest BCUT2D eigenvalue weighted by Crippen LogP contribution is -2.46. The van der Waals surface area contributed by atoms with Gasteiger partial charge in [-0.1, -0.05) is 105 Å². The summed E-state index contributed by atoms with van der Waals surface area (Å²) in [6.45, 7) is 2.39. The first-order valence-electron chi connectivity index (χ1n) is 23.4. The lowest BCUT2D eigenvalue weighted by Gasteiger charge is -2.30. The fourth-order valence-corrected chi connectivity index (χ4v) is 10.0. The van der Waals surface area contributed by atoms with Crippen LogP contribution in [0.25, 0.3) is 11.2 Å². The first kappa shape index (κ1) is 64.0. The van der Waals surface area contributed by atoms with Crippen LogP contribution >= 0.6 is 35.2 Å². The molecule has 0 radical (unpaired) electrons. The van der Waals surface area contributed by atoms with Crippen molar-refractivity contribution in [1.82, 2.24) is 30.2 Å². The van der Waals surface area contributed by atoms with E-state index in [0.29, 0.717) is 6.42 Å². The number of thioether (sulfide) groups is 1. The Bertz CT molecular complexity index is 2480. The number of carbonyl (C=O) groups is 4. The van der Waals surface area contributed by atoms with E-state index in [4.69, 9.17) is 19.5 Å². The topological polar surface area (TPSA) is 381 Å². The van der Waals surface area contributed by atoms with Crippen LogP contribution in [0.3, 0.4) is 0 Å². The number of anilines is 1. The number of ketones is 1. The van der Waals surface area contributed by atoms with E-state index < -0.39 is 84.6 Å². The average Bonchev–Trinajstić information content (AvgIpc) is 3.89. The Morgan fingerprint density at radius 2 is 1.42 bits per heavy atom. The molecule has 3 rings (SSSR count). The maximum absolute atomic E-state index is 12.8. The van der Waals surface area contributed by atoms with Gasteiger partial charge in [-0.3, -0.25) is 37.3 Å². The van der Waals surface area contributed by atoms with Crippen LogP contribution in [0.1, 0.15) is 91.2 Å². The molecule has 10 N–H and O–H groups in total. The summed E-state index contributed by atoms with van der Waals surface area (Å²) in [7, 11) is -16.5. The Labute approximate surface area is 433 Å². The largest absolute Gasteiger partial charge is 0.481 e. The zero-order valence-corrected chi connectivity index (χ0v) is 44.8. The fraction of sp³-hybridized carbons (Fsp3) is 0.533. The molecule has 1 saturated heterocycles. The van der Waals surface area contributed by atoms with Crippen LogP contribution in [0.4, 0.5) is 5.82 Å². The number of aromatic nitrogens is 4. The van der Waals surface area contributed by atoms with E-state index in [0.717, 1.165) is 67.5 Å². The molecule has 2 aromatic heterocycles.